The van der Waals surface area contributed by atoms with E-state index in [1.165, 1.54) is 6.20 Å². The Morgan fingerprint density at radius 3 is 2.59 bits per heavy atom. The lowest BCUT2D eigenvalue weighted by molar-refractivity contribution is 0.0941. The lowest BCUT2D eigenvalue weighted by Gasteiger charge is -2.21. The number of nitrogens with one attached hydrogen (secondary N) is 2. The molecule has 2 aromatic heterocycles. The van der Waals surface area contributed by atoms with E-state index in [1.54, 1.807) is 12.4 Å². The standard InChI is InChI=1S/C21H20N4O2/c1-13-4-2-3-5-16(13)18(14-8-10-22-11-9-14)24-20(26)17-12-23-19(15-6-7-15)25-21(17)27/h2-5,8-12,15,18H,6-7H2,1H3,(H,24,26)(H,23,25,27)/t18-/m1/s1. The maximum Gasteiger partial charge on any atom is 0.263 e. The molecule has 3 aromatic rings. The van der Waals surface area contributed by atoms with Gasteiger partial charge < -0.3 is 10.3 Å². The minimum Gasteiger partial charge on any atom is -0.341 e. The molecule has 136 valence electrons. The first-order valence-corrected chi connectivity index (χ1v) is 8.99. The zero-order valence-corrected chi connectivity index (χ0v) is 15.0. The first-order valence-electron chi connectivity index (χ1n) is 8.99. The number of hydrogen-bond acceptors (Lipinski definition) is 4. The van der Waals surface area contributed by atoms with Gasteiger partial charge in [0.2, 0.25) is 0 Å². The number of pyridine rings is 1. The lowest BCUT2D eigenvalue weighted by atomic mass is 9.95. The van der Waals surface area contributed by atoms with Crippen molar-refractivity contribution in [3.63, 3.8) is 0 Å². The van der Waals surface area contributed by atoms with Gasteiger partial charge in [0.15, 0.2) is 0 Å². The average Bonchev–Trinajstić information content (AvgIpc) is 3.52. The van der Waals surface area contributed by atoms with Crippen molar-refractivity contribution in [1.82, 2.24) is 20.3 Å². The van der Waals surface area contributed by atoms with E-state index < -0.39 is 11.5 Å². The Morgan fingerprint density at radius 2 is 1.93 bits per heavy atom. The van der Waals surface area contributed by atoms with Crippen LogP contribution in [0.2, 0.25) is 0 Å². The Hall–Kier alpha value is -3.28. The number of H-pyrrole nitrogens is 1. The second kappa shape index (κ2) is 7.15. The second-order valence-corrected chi connectivity index (χ2v) is 6.83. The molecular weight excluding hydrogens is 340 g/mol. The van der Waals surface area contributed by atoms with Crippen molar-refractivity contribution in [2.75, 3.05) is 0 Å². The minimum atomic E-state index is -0.448. The molecule has 0 aliphatic heterocycles. The van der Waals surface area contributed by atoms with E-state index in [1.807, 2.05) is 43.3 Å². The molecule has 1 aliphatic rings. The molecule has 6 nitrogen and oxygen atoms in total. The van der Waals surface area contributed by atoms with Crippen LogP contribution in [0.1, 0.15) is 57.7 Å². The number of hydrogen-bond donors (Lipinski definition) is 2. The predicted molar refractivity (Wildman–Crippen MR) is 102 cm³/mol. The van der Waals surface area contributed by atoms with Crippen molar-refractivity contribution in [2.45, 2.75) is 31.7 Å². The van der Waals surface area contributed by atoms with Crippen molar-refractivity contribution in [1.29, 1.82) is 0 Å². The van der Waals surface area contributed by atoms with Crippen LogP contribution in [0.3, 0.4) is 0 Å². The van der Waals surface area contributed by atoms with E-state index in [-0.39, 0.29) is 11.6 Å². The molecule has 0 bridgehead atoms. The zero-order chi connectivity index (χ0) is 18.8. The minimum absolute atomic E-state index is 0.0204. The Bertz CT molecular complexity index is 1030. The summed E-state index contributed by atoms with van der Waals surface area (Å²) in [5.74, 6) is 0.545. The topological polar surface area (TPSA) is 87.7 Å². The fraction of sp³-hybridized carbons (Fsp3) is 0.238. The second-order valence-electron chi connectivity index (χ2n) is 6.83. The molecule has 4 rings (SSSR count). The summed E-state index contributed by atoms with van der Waals surface area (Å²) < 4.78 is 0. The van der Waals surface area contributed by atoms with Crippen LogP contribution < -0.4 is 10.9 Å². The highest BCUT2D eigenvalue weighted by Crippen LogP contribution is 2.37. The Labute approximate surface area is 156 Å². The highest BCUT2D eigenvalue weighted by molar-refractivity contribution is 5.94. The smallest absolute Gasteiger partial charge is 0.263 e. The third-order valence-corrected chi connectivity index (χ3v) is 4.84. The number of aromatic amines is 1. The summed E-state index contributed by atoms with van der Waals surface area (Å²) in [5.41, 5.74) is 2.54. The normalized spacial score (nSPS) is 14.6. The quantitative estimate of drug-likeness (QED) is 0.732. The summed E-state index contributed by atoms with van der Waals surface area (Å²) >= 11 is 0. The molecule has 0 spiro atoms. The van der Waals surface area contributed by atoms with Gasteiger partial charge in [0.05, 0.1) is 6.04 Å². The lowest BCUT2D eigenvalue weighted by Crippen LogP contribution is -2.34. The zero-order valence-electron chi connectivity index (χ0n) is 15.0. The Kier molecular flexibility index (Phi) is 4.54. The van der Waals surface area contributed by atoms with E-state index >= 15 is 0 Å². The van der Waals surface area contributed by atoms with E-state index in [2.05, 4.69) is 20.3 Å². The van der Waals surface area contributed by atoms with Crippen molar-refractivity contribution in [3.8, 4) is 0 Å². The summed E-state index contributed by atoms with van der Waals surface area (Å²) in [5, 5.41) is 2.99. The van der Waals surface area contributed by atoms with E-state index in [9.17, 15) is 9.59 Å². The van der Waals surface area contributed by atoms with Crippen LogP contribution in [0.15, 0.2) is 59.8 Å². The summed E-state index contributed by atoms with van der Waals surface area (Å²) in [7, 11) is 0. The number of benzene rings is 1. The molecule has 0 unspecified atom stereocenters. The molecular formula is C21H20N4O2. The summed E-state index contributed by atoms with van der Waals surface area (Å²) in [6.07, 6.45) is 6.82. The SMILES string of the molecule is Cc1ccccc1[C@H](NC(=O)c1cnc(C2CC2)[nH]c1=O)c1ccncc1. The first kappa shape index (κ1) is 17.1. The largest absolute Gasteiger partial charge is 0.341 e. The van der Waals surface area contributed by atoms with Gasteiger partial charge in [0, 0.05) is 24.5 Å². The van der Waals surface area contributed by atoms with Crippen LogP contribution in [-0.4, -0.2) is 20.9 Å². The van der Waals surface area contributed by atoms with Gasteiger partial charge in [-0.1, -0.05) is 24.3 Å². The fourth-order valence-corrected chi connectivity index (χ4v) is 3.15. The number of carbonyl (C=O) groups is 1. The van der Waals surface area contributed by atoms with Crippen LogP contribution in [0.25, 0.3) is 0 Å². The van der Waals surface area contributed by atoms with E-state index in [0.29, 0.717) is 11.7 Å². The molecule has 1 aliphatic carbocycles. The highest BCUT2D eigenvalue weighted by Gasteiger charge is 2.27. The van der Waals surface area contributed by atoms with Gasteiger partial charge in [0.25, 0.3) is 11.5 Å². The van der Waals surface area contributed by atoms with Gasteiger partial charge in [-0.2, -0.15) is 0 Å². The summed E-state index contributed by atoms with van der Waals surface area (Å²) in [6, 6.07) is 11.2. The monoisotopic (exact) mass is 360 g/mol. The summed E-state index contributed by atoms with van der Waals surface area (Å²) in [4.78, 5) is 36.3. The van der Waals surface area contributed by atoms with Gasteiger partial charge in [0.1, 0.15) is 11.4 Å². The van der Waals surface area contributed by atoms with Crippen molar-refractivity contribution < 1.29 is 4.79 Å². The number of amides is 1. The number of aromatic nitrogens is 3. The molecule has 2 N–H and O–H groups in total. The molecule has 1 aromatic carbocycles. The molecule has 1 saturated carbocycles. The predicted octanol–water partition coefficient (Wildman–Crippen LogP) is 2.87. The fourth-order valence-electron chi connectivity index (χ4n) is 3.15. The molecule has 0 saturated heterocycles. The van der Waals surface area contributed by atoms with Gasteiger partial charge >= 0.3 is 0 Å². The average molecular weight is 360 g/mol. The highest BCUT2D eigenvalue weighted by atomic mass is 16.2. The van der Waals surface area contributed by atoms with Gasteiger partial charge in [-0.25, -0.2) is 4.98 Å². The molecule has 2 heterocycles. The molecule has 1 fully saturated rings. The van der Waals surface area contributed by atoms with Crippen molar-refractivity contribution >= 4 is 5.91 Å². The number of rotatable bonds is 5. The number of nitrogens with zero attached hydrogens (tertiary/aromatic N) is 2. The molecule has 1 atom stereocenters. The van der Waals surface area contributed by atoms with Gasteiger partial charge in [-0.05, 0) is 48.6 Å². The van der Waals surface area contributed by atoms with Crippen LogP contribution in [0.5, 0.6) is 0 Å². The maximum atomic E-state index is 12.8. The van der Waals surface area contributed by atoms with Gasteiger partial charge in [-0.15, -0.1) is 0 Å². The van der Waals surface area contributed by atoms with Gasteiger partial charge in [-0.3, -0.25) is 14.6 Å². The molecule has 0 radical (unpaired) electrons. The van der Waals surface area contributed by atoms with Crippen LogP contribution in [0.4, 0.5) is 0 Å². The van der Waals surface area contributed by atoms with E-state index in [4.69, 9.17) is 0 Å². The number of carbonyl (C=O) groups excluding carboxylic acids is 1. The van der Waals surface area contributed by atoms with Crippen molar-refractivity contribution in [2.24, 2.45) is 0 Å². The molecule has 6 heteroatoms. The first-order chi connectivity index (χ1) is 13.1. The maximum absolute atomic E-state index is 12.8. The Morgan fingerprint density at radius 1 is 1.19 bits per heavy atom. The third kappa shape index (κ3) is 3.65. The Balaban J connectivity index is 1.66. The van der Waals surface area contributed by atoms with E-state index in [0.717, 1.165) is 29.5 Å². The van der Waals surface area contributed by atoms with Crippen LogP contribution in [0, 0.1) is 6.92 Å². The molecule has 27 heavy (non-hydrogen) atoms. The molecule has 1 amide bonds. The number of aryl methyl sites for hydroxylation is 1. The van der Waals surface area contributed by atoms with Crippen LogP contribution >= 0.6 is 0 Å². The van der Waals surface area contributed by atoms with Crippen LogP contribution in [-0.2, 0) is 0 Å². The van der Waals surface area contributed by atoms with Crippen molar-refractivity contribution in [3.05, 3.63) is 93.4 Å². The third-order valence-electron chi connectivity index (χ3n) is 4.84. The summed E-state index contributed by atoms with van der Waals surface area (Å²) in [6.45, 7) is 1.99.